The Balaban J connectivity index is 1.57. The molecular formula is C23H25F3N4O4. The van der Waals surface area contributed by atoms with Crippen molar-refractivity contribution < 1.29 is 32.2 Å². The van der Waals surface area contributed by atoms with Crippen LogP contribution in [0.15, 0.2) is 42.0 Å². The van der Waals surface area contributed by atoms with Crippen LogP contribution in [0.4, 0.5) is 13.2 Å². The summed E-state index contributed by atoms with van der Waals surface area (Å²) >= 11 is 0. The van der Waals surface area contributed by atoms with Crippen LogP contribution in [0.25, 0.3) is 0 Å². The molecule has 11 heteroatoms. The summed E-state index contributed by atoms with van der Waals surface area (Å²) in [6, 6.07) is 5.78. The molecule has 2 amide bonds. The molecule has 8 nitrogen and oxygen atoms in total. The van der Waals surface area contributed by atoms with Gasteiger partial charge < -0.3 is 20.1 Å². The molecule has 1 fully saturated rings. The minimum Gasteiger partial charge on any atom is -0.489 e. The molecule has 0 atom stereocenters. The SMILES string of the molecule is C/C(=C\Cc1nc(OCCN2CCCC2=O)cc(C(N)=O)n1)COc1ccc(C(F)(F)F)cc1. The third kappa shape index (κ3) is 7.19. The molecule has 1 aromatic heterocycles. The first-order chi connectivity index (χ1) is 16.1. The molecule has 3 rings (SSSR count). The van der Waals surface area contributed by atoms with Crippen LogP contribution in [0.3, 0.4) is 0 Å². The van der Waals surface area contributed by atoms with Crippen LogP contribution in [0, 0.1) is 0 Å². The molecule has 0 saturated carbocycles. The van der Waals surface area contributed by atoms with E-state index in [1.165, 1.54) is 18.2 Å². The summed E-state index contributed by atoms with van der Waals surface area (Å²) in [4.78, 5) is 33.4. The van der Waals surface area contributed by atoms with Gasteiger partial charge in [-0.05, 0) is 43.2 Å². The summed E-state index contributed by atoms with van der Waals surface area (Å²) in [5.74, 6) is 0.147. The van der Waals surface area contributed by atoms with Gasteiger partial charge in [-0.15, -0.1) is 0 Å². The van der Waals surface area contributed by atoms with E-state index in [4.69, 9.17) is 15.2 Å². The maximum absolute atomic E-state index is 12.6. The van der Waals surface area contributed by atoms with Gasteiger partial charge in [0.15, 0.2) is 0 Å². The van der Waals surface area contributed by atoms with E-state index in [-0.39, 0.29) is 37.1 Å². The summed E-state index contributed by atoms with van der Waals surface area (Å²) in [5.41, 5.74) is 5.40. The van der Waals surface area contributed by atoms with Crippen LogP contribution in [0.2, 0.25) is 0 Å². The average Bonchev–Trinajstić information content (AvgIpc) is 3.20. The lowest BCUT2D eigenvalue weighted by Gasteiger charge is -2.15. The number of carbonyl (C=O) groups is 2. The van der Waals surface area contributed by atoms with Crippen molar-refractivity contribution in [3.8, 4) is 11.6 Å². The number of amides is 2. The van der Waals surface area contributed by atoms with Crippen molar-refractivity contribution in [1.82, 2.24) is 14.9 Å². The van der Waals surface area contributed by atoms with Crippen LogP contribution in [0.1, 0.15) is 41.6 Å². The zero-order chi connectivity index (χ0) is 24.7. The molecule has 1 aromatic carbocycles. The number of halogens is 3. The number of likely N-dealkylation sites (tertiary alicyclic amines) is 1. The molecular weight excluding hydrogens is 453 g/mol. The predicted molar refractivity (Wildman–Crippen MR) is 116 cm³/mol. The highest BCUT2D eigenvalue weighted by Gasteiger charge is 2.30. The number of benzene rings is 1. The fourth-order valence-corrected chi connectivity index (χ4v) is 3.23. The molecule has 0 spiro atoms. The fraction of sp³-hybridized carbons (Fsp3) is 0.391. The Hall–Kier alpha value is -3.63. The third-order valence-electron chi connectivity index (χ3n) is 5.07. The van der Waals surface area contributed by atoms with E-state index in [9.17, 15) is 22.8 Å². The second-order valence-electron chi connectivity index (χ2n) is 7.77. The molecule has 0 bridgehead atoms. The van der Waals surface area contributed by atoms with Gasteiger partial charge in [-0.1, -0.05) is 6.08 Å². The number of aromatic nitrogens is 2. The highest BCUT2D eigenvalue weighted by Crippen LogP contribution is 2.30. The summed E-state index contributed by atoms with van der Waals surface area (Å²) in [5, 5.41) is 0. The first-order valence-corrected chi connectivity index (χ1v) is 10.7. The number of carbonyl (C=O) groups excluding carboxylic acids is 2. The number of nitrogens with zero attached hydrogens (tertiary/aromatic N) is 3. The van der Waals surface area contributed by atoms with Crippen molar-refractivity contribution in [3.05, 3.63) is 59.1 Å². The molecule has 2 N–H and O–H groups in total. The summed E-state index contributed by atoms with van der Waals surface area (Å²) < 4.78 is 49.1. The van der Waals surface area contributed by atoms with E-state index in [1.807, 2.05) is 0 Å². The second kappa shape index (κ2) is 11.0. The van der Waals surface area contributed by atoms with E-state index < -0.39 is 17.6 Å². The molecule has 1 aliphatic rings. The quantitative estimate of drug-likeness (QED) is 0.526. The van der Waals surface area contributed by atoms with Crippen LogP contribution in [-0.4, -0.2) is 53.0 Å². The van der Waals surface area contributed by atoms with Gasteiger partial charge in [0.1, 0.15) is 30.5 Å². The van der Waals surface area contributed by atoms with Gasteiger partial charge in [0.2, 0.25) is 11.8 Å². The average molecular weight is 478 g/mol. The zero-order valence-corrected chi connectivity index (χ0v) is 18.6. The molecule has 0 radical (unpaired) electrons. The van der Waals surface area contributed by atoms with Gasteiger partial charge in [-0.3, -0.25) is 9.59 Å². The van der Waals surface area contributed by atoms with Crippen LogP contribution < -0.4 is 15.2 Å². The Morgan fingerprint density at radius 2 is 1.94 bits per heavy atom. The number of hydrogen-bond acceptors (Lipinski definition) is 6. The molecule has 2 heterocycles. The van der Waals surface area contributed by atoms with E-state index in [2.05, 4.69) is 9.97 Å². The van der Waals surface area contributed by atoms with E-state index in [1.54, 1.807) is 17.9 Å². The molecule has 1 saturated heterocycles. The summed E-state index contributed by atoms with van der Waals surface area (Å²) in [6.07, 6.45) is -1.00. The highest BCUT2D eigenvalue weighted by molar-refractivity contribution is 5.91. The van der Waals surface area contributed by atoms with Gasteiger partial charge in [-0.25, -0.2) is 4.98 Å². The standard InChI is InChI=1S/C23H25F3N4O4/c1-15(14-34-17-7-5-16(6-8-17)23(24,25)26)4-9-19-28-18(22(27)32)13-20(29-19)33-12-11-30-10-2-3-21(30)31/h4-8,13H,2-3,9-12,14H2,1H3,(H2,27,32)/b15-4+. The molecule has 0 aliphatic carbocycles. The Bertz CT molecular complexity index is 1060. The van der Waals surface area contributed by atoms with Crippen LogP contribution in [-0.2, 0) is 17.4 Å². The Labute approximate surface area is 194 Å². The Morgan fingerprint density at radius 1 is 1.21 bits per heavy atom. The number of ether oxygens (including phenoxy) is 2. The number of primary amides is 1. The van der Waals surface area contributed by atoms with Gasteiger partial charge >= 0.3 is 6.18 Å². The van der Waals surface area contributed by atoms with Crippen molar-refractivity contribution >= 4 is 11.8 Å². The molecule has 182 valence electrons. The van der Waals surface area contributed by atoms with Gasteiger partial charge in [0.25, 0.3) is 5.91 Å². The maximum Gasteiger partial charge on any atom is 0.416 e. The normalized spacial score (nSPS) is 14.4. The third-order valence-corrected chi connectivity index (χ3v) is 5.07. The summed E-state index contributed by atoms with van der Waals surface area (Å²) in [6.45, 7) is 3.27. The molecule has 34 heavy (non-hydrogen) atoms. The van der Waals surface area contributed by atoms with Gasteiger partial charge in [0.05, 0.1) is 12.1 Å². The van der Waals surface area contributed by atoms with Crippen LogP contribution >= 0.6 is 0 Å². The van der Waals surface area contributed by atoms with Crippen molar-refractivity contribution in [2.75, 3.05) is 26.3 Å². The topological polar surface area (TPSA) is 108 Å². The lowest BCUT2D eigenvalue weighted by atomic mass is 10.2. The van der Waals surface area contributed by atoms with Crippen molar-refractivity contribution in [2.24, 2.45) is 5.73 Å². The molecule has 2 aromatic rings. The zero-order valence-electron chi connectivity index (χ0n) is 18.6. The minimum absolute atomic E-state index is 0.00399. The van der Waals surface area contributed by atoms with Gasteiger partial charge in [0, 0.05) is 25.5 Å². The maximum atomic E-state index is 12.6. The number of allylic oxidation sites excluding steroid dienone is 1. The number of rotatable bonds is 10. The Kier molecular flexibility index (Phi) is 8.08. The van der Waals surface area contributed by atoms with Crippen molar-refractivity contribution in [3.63, 3.8) is 0 Å². The first kappa shape index (κ1) is 25.0. The minimum atomic E-state index is -4.40. The fourth-order valence-electron chi connectivity index (χ4n) is 3.23. The van der Waals surface area contributed by atoms with Crippen molar-refractivity contribution in [1.29, 1.82) is 0 Å². The van der Waals surface area contributed by atoms with Crippen LogP contribution in [0.5, 0.6) is 11.6 Å². The number of hydrogen-bond donors (Lipinski definition) is 1. The first-order valence-electron chi connectivity index (χ1n) is 10.7. The highest BCUT2D eigenvalue weighted by atomic mass is 19.4. The molecule has 1 aliphatic heterocycles. The molecule has 0 unspecified atom stereocenters. The smallest absolute Gasteiger partial charge is 0.416 e. The number of nitrogens with two attached hydrogens (primary N) is 1. The largest absolute Gasteiger partial charge is 0.489 e. The number of alkyl halides is 3. The van der Waals surface area contributed by atoms with E-state index >= 15 is 0 Å². The monoisotopic (exact) mass is 478 g/mol. The van der Waals surface area contributed by atoms with E-state index in [0.29, 0.717) is 31.1 Å². The summed E-state index contributed by atoms with van der Waals surface area (Å²) in [7, 11) is 0. The van der Waals surface area contributed by atoms with Crippen molar-refractivity contribution in [2.45, 2.75) is 32.4 Å². The second-order valence-corrected chi connectivity index (χ2v) is 7.77. The predicted octanol–water partition coefficient (Wildman–Crippen LogP) is 3.16. The lowest BCUT2D eigenvalue weighted by Crippen LogP contribution is -2.29. The Morgan fingerprint density at radius 3 is 2.56 bits per heavy atom. The lowest BCUT2D eigenvalue weighted by molar-refractivity contribution is -0.137. The van der Waals surface area contributed by atoms with Gasteiger partial charge in [-0.2, -0.15) is 18.2 Å². The van der Waals surface area contributed by atoms with E-state index in [0.717, 1.165) is 24.1 Å².